The molecule has 0 aliphatic rings. The van der Waals surface area contributed by atoms with Gasteiger partial charge in [0.1, 0.15) is 24.2 Å². The molecule has 1 unspecified atom stereocenters. The first-order valence-corrected chi connectivity index (χ1v) is 4.17. The van der Waals surface area contributed by atoms with E-state index in [0.29, 0.717) is 5.75 Å². The van der Waals surface area contributed by atoms with Gasteiger partial charge in [0.25, 0.3) is 0 Å². The van der Waals surface area contributed by atoms with Gasteiger partial charge in [-0.25, -0.2) is 0 Å². The zero-order valence-corrected chi connectivity index (χ0v) is 7.93. The summed E-state index contributed by atoms with van der Waals surface area (Å²) in [6.07, 6.45) is 4.12. The maximum absolute atomic E-state index is 9.03. The molecule has 0 radical (unpaired) electrons. The molecule has 0 saturated carbocycles. The lowest BCUT2D eigenvalue weighted by Gasteiger charge is -2.07. The SMILES string of the molecule is C#CC(O)COc1ccc(OC)cc1. The van der Waals surface area contributed by atoms with E-state index >= 15 is 0 Å². The normalized spacial score (nSPS) is 11.5. The zero-order chi connectivity index (χ0) is 10.4. The predicted molar refractivity (Wildman–Crippen MR) is 53.3 cm³/mol. The highest BCUT2D eigenvalue weighted by atomic mass is 16.5. The van der Waals surface area contributed by atoms with Crippen LogP contribution in [-0.4, -0.2) is 24.9 Å². The first-order chi connectivity index (χ1) is 6.76. The summed E-state index contributed by atoms with van der Waals surface area (Å²) in [5, 5.41) is 9.03. The average molecular weight is 192 g/mol. The van der Waals surface area contributed by atoms with Gasteiger partial charge < -0.3 is 14.6 Å². The molecule has 0 aliphatic carbocycles. The summed E-state index contributed by atoms with van der Waals surface area (Å²) >= 11 is 0. The molecule has 3 heteroatoms. The number of aliphatic hydroxyl groups excluding tert-OH is 1. The molecule has 14 heavy (non-hydrogen) atoms. The summed E-state index contributed by atoms with van der Waals surface area (Å²) in [4.78, 5) is 0. The molecule has 0 saturated heterocycles. The Morgan fingerprint density at radius 1 is 1.36 bits per heavy atom. The Hall–Kier alpha value is -1.66. The summed E-state index contributed by atoms with van der Waals surface area (Å²) in [7, 11) is 1.60. The third-order valence-electron chi connectivity index (χ3n) is 1.66. The second kappa shape index (κ2) is 5.15. The lowest BCUT2D eigenvalue weighted by molar-refractivity contribution is 0.151. The largest absolute Gasteiger partial charge is 0.497 e. The van der Waals surface area contributed by atoms with Crippen LogP contribution in [0.4, 0.5) is 0 Å². The van der Waals surface area contributed by atoms with Crippen molar-refractivity contribution < 1.29 is 14.6 Å². The number of hydrogen-bond donors (Lipinski definition) is 1. The Kier molecular flexibility index (Phi) is 3.84. The van der Waals surface area contributed by atoms with Crippen molar-refractivity contribution in [1.29, 1.82) is 0 Å². The minimum Gasteiger partial charge on any atom is -0.497 e. The fourth-order valence-corrected chi connectivity index (χ4v) is 0.895. The minimum absolute atomic E-state index is 0.100. The van der Waals surface area contributed by atoms with Gasteiger partial charge in [-0.05, 0) is 24.3 Å². The summed E-state index contributed by atoms with van der Waals surface area (Å²) in [6.45, 7) is 0.100. The summed E-state index contributed by atoms with van der Waals surface area (Å²) in [5.74, 6) is 3.58. The van der Waals surface area contributed by atoms with Gasteiger partial charge in [-0.15, -0.1) is 6.42 Å². The molecular weight excluding hydrogens is 180 g/mol. The van der Waals surface area contributed by atoms with Crippen LogP contribution in [0.25, 0.3) is 0 Å². The highest BCUT2D eigenvalue weighted by Crippen LogP contribution is 2.16. The number of aliphatic hydroxyl groups is 1. The lowest BCUT2D eigenvalue weighted by atomic mass is 10.3. The second-order valence-corrected chi connectivity index (χ2v) is 2.67. The van der Waals surface area contributed by atoms with Gasteiger partial charge in [-0.2, -0.15) is 0 Å². The van der Waals surface area contributed by atoms with E-state index in [1.54, 1.807) is 31.4 Å². The number of ether oxygens (including phenoxy) is 2. The zero-order valence-electron chi connectivity index (χ0n) is 7.93. The number of hydrogen-bond acceptors (Lipinski definition) is 3. The smallest absolute Gasteiger partial charge is 0.148 e. The number of benzene rings is 1. The van der Waals surface area contributed by atoms with E-state index < -0.39 is 6.10 Å². The minimum atomic E-state index is -0.864. The van der Waals surface area contributed by atoms with Crippen LogP contribution >= 0.6 is 0 Å². The van der Waals surface area contributed by atoms with E-state index in [1.807, 2.05) is 0 Å². The summed E-state index contributed by atoms with van der Waals surface area (Å²) in [6, 6.07) is 7.05. The second-order valence-electron chi connectivity index (χ2n) is 2.67. The molecule has 0 heterocycles. The molecular formula is C11H12O3. The molecule has 0 bridgehead atoms. The maximum atomic E-state index is 9.03. The summed E-state index contributed by atoms with van der Waals surface area (Å²) < 4.78 is 10.2. The van der Waals surface area contributed by atoms with Crippen LogP contribution < -0.4 is 9.47 Å². The molecule has 74 valence electrons. The Bertz CT molecular complexity index is 310. The monoisotopic (exact) mass is 192 g/mol. The van der Waals surface area contributed by atoms with Crippen molar-refractivity contribution in [3.8, 4) is 23.8 Å². The predicted octanol–water partition coefficient (Wildman–Crippen LogP) is 1.07. The quantitative estimate of drug-likeness (QED) is 0.725. The fourth-order valence-electron chi connectivity index (χ4n) is 0.895. The van der Waals surface area contributed by atoms with Crippen molar-refractivity contribution in [2.24, 2.45) is 0 Å². The van der Waals surface area contributed by atoms with Gasteiger partial charge in [0.05, 0.1) is 7.11 Å². The highest BCUT2D eigenvalue weighted by Gasteiger charge is 2.00. The molecule has 3 nitrogen and oxygen atoms in total. The lowest BCUT2D eigenvalue weighted by Crippen LogP contribution is -2.14. The van der Waals surface area contributed by atoms with Crippen LogP contribution in [0, 0.1) is 12.3 Å². The molecule has 1 atom stereocenters. The van der Waals surface area contributed by atoms with Crippen molar-refractivity contribution in [3.63, 3.8) is 0 Å². The first-order valence-electron chi connectivity index (χ1n) is 4.17. The highest BCUT2D eigenvalue weighted by molar-refractivity contribution is 5.31. The molecule has 0 fully saturated rings. The van der Waals surface area contributed by atoms with Crippen LogP contribution in [-0.2, 0) is 0 Å². The third-order valence-corrected chi connectivity index (χ3v) is 1.66. The van der Waals surface area contributed by atoms with Gasteiger partial charge >= 0.3 is 0 Å². The molecule has 0 amide bonds. The van der Waals surface area contributed by atoms with Crippen LogP contribution in [0.2, 0.25) is 0 Å². The van der Waals surface area contributed by atoms with Gasteiger partial charge in [-0.3, -0.25) is 0 Å². The average Bonchev–Trinajstić information content (AvgIpc) is 2.26. The van der Waals surface area contributed by atoms with Crippen LogP contribution in [0.15, 0.2) is 24.3 Å². The molecule has 1 aromatic rings. The molecule has 0 spiro atoms. The van der Waals surface area contributed by atoms with Crippen molar-refractivity contribution >= 4 is 0 Å². The molecule has 0 aliphatic heterocycles. The Balaban J connectivity index is 2.48. The fraction of sp³-hybridized carbons (Fsp3) is 0.273. The Morgan fingerprint density at radius 3 is 2.43 bits per heavy atom. The Morgan fingerprint density at radius 2 is 1.93 bits per heavy atom. The number of rotatable bonds is 4. The molecule has 0 aromatic heterocycles. The van der Waals surface area contributed by atoms with E-state index in [2.05, 4.69) is 5.92 Å². The number of methoxy groups -OCH3 is 1. The maximum Gasteiger partial charge on any atom is 0.148 e. The van der Waals surface area contributed by atoms with Gasteiger partial charge in [0.2, 0.25) is 0 Å². The third kappa shape index (κ3) is 3.00. The van der Waals surface area contributed by atoms with E-state index in [-0.39, 0.29) is 6.61 Å². The molecule has 1 N–H and O–H groups in total. The standard InChI is InChI=1S/C11H12O3/c1-3-9(12)8-14-11-6-4-10(13-2)5-7-11/h1,4-7,9,12H,8H2,2H3. The van der Waals surface area contributed by atoms with E-state index in [1.165, 1.54) is 0 Å². The van der Waals surface area contributed by atoms with Gasteiger partial charge in [0.15, 0.2) is 0 Å². The van der Waals surface area contributed by atoms with Gasteiger partial charge in [0, 0.05) is 0 Å². The first kappa shape index (κ1) is 10.4. The van der Waals surface area contributed by atoms with Crippen LogP contribution in [0.1, 0.15) is 0 Å². The molecule has 1 aromatic carbocycles. The van der Waals surface area contributed by atoms with E-state index in [9.17, 15) is 0 Å². The van der Waals surface area contributed by atoms with Crippen molar-refractivity contribution in [2.75, 3.05) is 13.7 Å². The van der Waals surface area contributed by atoms with E-state index in [0.717, 1.165) is 5.75 Å². The van der Waals surface area contributed by atoms with Crippen molar-refractivity contribution in [3.05, 3.63) is 24.3 Å². The summed E-state index contributed by atoms with van der Waals surface area (Å²) in [5.41, 5.74) is 0. The molecule has 1 rings (SSSR count). The van der Waals surface area contributed by atoms with E-state index in [4.69, 9.17) is 21.0 Å². The topological polar surface area (TPSA) is 38.7 Å². The van der Waals surface area contributed by atoms with Gasteiger partial charge in [-0.1, -0.05) is 5.92 Å². The van der Waals surface area contributed by atoms with Crippen molar-refractivity contribution in [2.45, 2.75) is 6.10 Å². The van der Waals surface area contributed by atoms with Crippen molar-refractivity contribution in [1.82, 2.24) is 0 Å². The Labute approximate surface area is 83.3 Å². The van der Waals surface area contributed by atoms with Crippen LogP contribution in [0.3, 0.4) is 0 Å². The van der Waals surface area contributed by atoms with Crippen LogP contribution in [0.5, 0.6) is 11.5 Å². The number of terminal acetylenes is 1.